The first-order chi connectivity index (χ1) is 16.9. The maximum absolute atomic E-state index is 12.3. The van der Waals surface area contributed by atoms with Crippen molar-refractivity contribution in [3.8, 4) is 17.2 Å². The molecule has 9 nitrogen and oxygen atoms in total. The van der Waals surface area contributed by atoms with Crippen LogP contribution in [0, 0.1) is 0 Å². The largest absolute Gasteiger partial charge is 0.573 e. The highest BCUT2D eigenvalue weighted by atomic mass is 32.2. The van der Waals surface area contributed by atoms with Gasteiger partial charge in [0.15, 0.2) is 0 Å². The van der Waals surface area contributed by atoms with Crippen molar-refractivity contribution in [3.63, 3.8) is 0 Å². The Morgan fingerprint density at radius 3 is 2.11 bits per heavy atom. The van der Waals surface area contributed by atoms with Gasteiger partial charge in [-0.15, -0.1) is 13.2 Å². The van der Waals surface area contributed by atoms with E-state index >= 15 is 0 Å². The number of alkyl halides is 3. The van der Waals surface area contributed by atoms with Crippen LogP contribution in [-0.2, 0) is 16.4 Å². The van der Waals surface area contributed by atoms with Gasteiger partial charge in [0.25, 0.3) is 0 Å². The van der Waals surface area contributed by atoms with E-state index in [1.807, 2.05) is 0 Å². The fourth-order valence-electron chi connectivity index (χ4n) is 2.97. The minimum atomic E-state index is -4.74. The van der Waals surface area contributed by atoms with E-state index in [1.54, 1.807) is 24.3 Å². The van der Waals surface area contributed by atoms with Crippen LogP contribution in [0.15, 0.2) is 66.7 Å². The minimum absolute atomic E-state index is 0.0811. The smallest absolute Gasteiger partial charge is 0.506 e. The Kier molecular flexibility index (Phi) is 8.14. The zero-order valence-corrected chi connectivity index (χ0v) is 19.6. The number of phenolic OH excluding ortho intramolecular Hbond substituents is 1. The molecule has 3 rings (SSSR count). The molecule has 192 valence electrons. The summed E-state index contributed by atoms with van der Waals surface area (Å²) in [6, 6.07) is 15.3. The molecule has 0 saturated heterocycles. The molecule has 0 bridgehead atoms. The number of rotatable bonds is 9. The van der Waals surface area contributed by atoms with E-state index < -0.39 is 22.4 Å². The topological polar surface area (TPSA) is 126 Å². The van der Waals surface area contributed by atoms with Crippen LogP contribution < -0.4 is 24.8 Å². The number of benzene rings is 3. The molecule has 0 aliphatic rings. The second-order valence-electron chi connectivity index (χ2n) is 7.50. The standard InChI is InChI=1S/C23H22F3N3O6S/c1-36(32,33)29-20-14-17(6-11-21(20)30)28-22(31)27-16-4-9-18(10-5-16)34-13-12-15-2-7-19(8-3-15)35-23(24,25)26/h2-11,14,29-30H,12-13H2,1H3,(H2,27,28,31). The van der Waals surface area contributed by atoms with Crippen molar-refractivity contribution >= 4 is 33.1 Å². The molecule has 3 aromatic carbocycles. The third-order valence-corrected chi connectivity index (χ3v) is 5.07. The molecule has 0 aliphatic carbocycles. The van der Waals surface area contributed by atoms with Gasteiger partial charge in [0.1, 0.15) is 17.2 Å². The van der Waals surface area contributed by atoms with Crippen molar-refractivity contribution in [3.05, 3.63) is 72.3 Å². The fraction of sp³-hybridized carbons (Fsp3) is 0.174. The molecule has 2 amide bonds. The van der Waals surface area contributed by atoms with Crippen LogP contribution in [0.5, 0.6) is 17.2 Å². The van der Waals surface area contributed by atoms with Gasteiger partial charge < -0.3 is 25.2 Å². The number of carbonyl (C=O) groups excluding carboxylic acids is 1. The van der Waals surface area contributed by atoms with Gasteiger partial charge >= 0.3 is 12.4 Å². The minimum Gasteiger partial charge on any atom is -0.506 e. The fourth-order valence-corrected chi connectivity index (χ4v) is 3.53. The number of sulfonamides is 1. The number of halogens is 3. The van der Waals surface area contributed by atoms with Crippen molar-refractivity contribution < 1.29 is 41.0 Å². The quantitative estimate of drug-likeness (QED) is 0.232. The van der Waals surface area contributed by atoms with Crippen molar-refractivity contribution in [2.45, 2.75) is 12.8 Å². The summed E-state index contributed by atoms with van der Waals surface area (Å²) in [4.78, 5) is 12.3. The zero-order chi connectivity index (χ0) is 26.3. The SMILES string of the molecule is CS(=O)(=O)Nc1cc(NC(=O)Nc2ccc(OCCc3ccc(OC(F)(F)F)cc3)cc2)ccc1O. The Morgan fingerprint density at radius 1 is 0.917 bits per heavy atom. The molecule has 0 heterocycles. The van der Waals surface area contributed by atoms with Crippen LogP contribution >= 0.6 is 0 Å². The number of urea groups is 1. The zero-order valence-electron chi connectivity index (χ0n) is 18.8. The monoisotopic (exact) mass is 525 g/mol. The van der Waals surface area contributed by atoms with E-state index in [0.717, 1.165) is 11.8 Å². The summed E-state index contributed by atoms with van der Waals surface area (Å²) in [7, 11) is -3.62. The molecule has 3 aromatic rings. The molecular weight excluding hydrogens is 503 g/mol. The van der Waals surface area contributed by atoms with Gasteiger partial charge in [0, 0.05) is 17.8 Å². The number of phenols is 1. The molecule has 0 radical (unpaired) electrons. The van der Waals surface area contributed by atoms with Crippen LogP contribution in [0.3, 0.4) is 0 Å². The number of nitrogens with one attached hydrogen (secondary N) is 3. The van der Waals surface area contributed by atoms with Gasteiger partial charge in [-0.25, -0.2) is 13.2 Å². The summed E-state index contributed by atoms with van der Waals surface area (Å²) in [6.45, 7) is 0.275. The molecule has 0 spiro atoms. The molecule has 4 N–H and O–H groups in total. The van der Waals surface area contributed by atoms with E-state index in [1.165, 1.54) is 42.5 Å². The molecule has 0 fully saturated rings. The first-order valence-electron chi connectivity index (χ1n) is 10.3. The number of hydrogen-bond acceptors (Lipinski definition) is 6. The summed E-state index contributed by atoms with van der Waals surface area (Å²) in [5.74, 6) is -0.0711. The van der Waals surface area contributed by atoms with Gasteiger partial charge in [-0.1, -0.05) is 12.1 Å². The van der Waals surface area contributed by atoms with E-state index in [4.69, 9.17) is 4.74 Å². The Hall–Kier alpha value is -4.13. The van der Waals surface area contributed by atoms with Crippen LogP contribution in [0.1, 0.15) is 5.56 Å². The summed E-state index contributed by atoms with van der Waals surface area (Å²) in [6.07, 6.45) is -3.35. The highest BCUT2D eigenvalue weighted by molar-refractivity contribution is 7.92. The summed E-state index contributed by atoms with van der Waals surface area (Å²) < 4.78 is 71.0. The van der Waals surface area contributed by atoms with Crippen molar-refractivity contribution in [2.24, 2.45) is 0 Å². The van der Waals surface area contributed by atoms with Gasteiger partial charge in [-0.3, -0.25) is 4.72 Å². The average molecular weight is 526 g/mol. The molecule has 0 aromatic heterocycles. The van der Waals surface area contributed by atoms with Gasteiger partial charge in [-0.05, 0) is 60.2 Å². The second-order valence-corrected chi connectivity index (χ2v) is 9.25. The van der Waals surface area contributed by atoms with E-state index in [2.05, 4.69) is 20.1 Å². The van der Waals surface area contributed by atoms with Crippen LogP contribution in [-0.4, -0.2) is 38.8 Å². The van der Waals surface area contributed by atoms with Gasteiger partial charge in [-0.2, -0.15) is 0 Å². The summed E-state index contributed by atoms with van der Waals surface area (Å²) >= 11 is 0. The first-order valence-corrected chi connectivity index (χ1v) is 12.2. The Labute approximate surface area is 204 Å². The summed E-state index contributed by atoms with van der Waals surface area (Å²) in [5, 5.41) is 14.9. The molecule has 36 heavy (non-hydrogen) atoms. The highest BCUT2D eigenvalue weighted by Gasteiger charge is 2.30. The normalized spacial score (nSPS) is 11.4. The molecule has 13 heteroatoms. The van der Waals surface area contributed by atoms with E-state index in [0.29, 0.717) is 17.9 Å². The van der Waals surface area contributed by atoms with Crippen molar-refractivity contribution in [1.82, 2.24) is 0 Å². The van der Waals surface area contributed by atoms with Gasteiger partial charge in [0.05, 0.1) is 18.6 Å². The molecule has 0 unspecified atom stereocenters. The lowest BCUT2D eigenvalue weighted by Crippen LogP contribution is -2.19. The lowest BCUT2D eigenvalue weighted by molar-refractivity contribution is -0.274. The van der Waals surface area contributed by atoms with Crippen molar-refractivity contribution in [2.75, 3.05) is 28.2 Å². The number of ether oxygens (including phenoxy) is 2. The van der Waals surface area contributed by atoms with Gasteiger partial charge in [0.2, 0.25) is 10.0 Å². The second kappa shape index (κ2) is 11.1. The first kappa shape index (κ1) is 26.5. The third kappa shape index (κ3) is 8.91. The molecule has 0 saturated carbocycles. The molecular formula is C23H22F3N3O6S. The number of anilines is 3. The number of amides is 2. The lowest BCUT2D eigenvalue weighted by atomic mass is 10.1. The summed E-state index contributed by atoms with van der Waals surface area (Å²) in [5.41, 5.74) is 1.38. The Bertz CT molecular complexity index is 1300. The highest BCUT2D eigenvalue weighted by Crippen LogP contribution is 2.28. The number of aromatic hydroxyl groups is 1. The van der Waals surface area contributed by atoms with E-state index in [9.17, 15) is 31.5 Å². The van der Waals surface area contributed by atoms with Crippen molar-refractivity contribution in [1.29, 1.82) is 0 Å². The van der Waals surface area contributed by atoms with Crippen LogP contribution in [0.4, 0.5) is 35.0 Å². The molecule has 0 aliphatic heterocycles. The lowest BCUT2D eigenvalue weighted by Gasteiger charge is -2.12. The predicted octanol–water partition coefficient (Wildman–Crippen LogP) is 4.93. The third-order valence-electron chi connectivity index (χ3n) is 4.48. The number of carbonyl (C=O) groups is 1. The Balaban J connectivity index is 1.47. The Morgan fingerprint density at radius 2 is 1.50 bits per heavy atom. The average Bonchev–Trinajstić information content (AvgIpc) is 2.76. The maximum Gasteiger partial charge on any atom is 0.573 e. The maximum atomic E-state index is 12.3. The number of hydrogen-bond donors (Lipinski definition) is 4. The van der Waals surface area contributed by atoms with E-state index in [-0.39, 0.29) is 29.5 Å². The predicted molar refractivity (Wildman–Crippen MR) is 128 cm³/mol. The van der Waals surface area contributed by atoms with Crippen LogP contribution in [0.25, 0.3) is 0 Å². The van der Waals surface area contributed by atoms with Crippen LogP contribution in [0.2, 0.25) is 0 Å². The molecule has 0 atom stereocenters.